The molecule has 114 valence electrons. The largest absolute Gasteiger partial charge is 0.481 e. The molecule has 2 fully saturated rings. The van der Waals surface area contributed by atoms with E-state index in [-0.39, 0.29) is 11.8 Å². The van der Waals surface area contributed by atoms with Gasteiger partial charge in [0.05, 0.1) is 5.92 Å². The van der Waals surface area contributed by atoms with E-state index >= 15 is 0 Å². The number of likely N-dealkylation sites (tertiary alicyclic amines) is 1. The number of nitrogens with zero attached hydrogens (tertiary/aromatic N) is 1. The van der Waals surface area contributed by atoms with Crippen LogP contribution in [0.25, 0.3) is 0 Å². The van der Waals surface area contributed by atoms with Gasteiger partial charge in [-0.1, -0.05) is 26.7 Å². The van der Waals surface area contributed by atoms with Crippen LogP contribution in [0.3, 0.4) is 0 Å². The second-order valence-electron chi connectivity index (χ2n) is 7.02. The predicted octanol–water partition coefficient (Wildman–Crippen LogP) is 2.77. The first-order valence-corrected chi connectivity index (χ1v) is 7.96. The van der Waals surface area contributed by atoms with Gasteiger partial charge in [-0.2, -0.15) is 0 Å². The van der Waals surface area contributed by atoms with E-state index in [0.717, 1.165) is 25.3 Å². The molecule has 0 aromatic carbocycles. The fourth-order valence-corrected chi connectivity index (χ4v) is 3.86. The molecule has 4 nitrogen and oxygen atoms in total. The topological polar surface area (TPSA) is 57.6 Å². The summed E-state index contributed by atoms with van der Waals surface area (Å²) < 4.78 is 0. The maximum absolute atomic E-state index is 12.4. The molecule has 0 bridgehead atoms. The Hall–Kier alpha value is -1.06. The van der Waals surface area contributed by atoms with Crippen molar-refractivity contribution in [2.45, 2.75) is 52.4 Å². The van der Waals surface area contributed by atoms with Gasteiger partial charge in [0, 0.05) is 19.5 Å². The lowest BCUT2D eigenvalue weighted by molar-refractivity contribution is -0.147. The highest BCUT2D eigenvalue weighted by Crippen LogP contribution is 2.32. The summed E-state index contributed by atoms with van der Waals surface area (Å²) in [5.74, 6) is 0.551. The Balaban J connectivity index is 1.89. The summed E-state index contributed by atoms with van der Waals surface area (Å²) in [6, 6.07) is 0. The number of piperidine rings is 1. The highest BCUT2D eigenvalue weighted by molar-refractivity contribution is 5.78. The van der Waals surface area contributed by atoms with Crippen molar-refractivity contribution < 1.29 is 14.7 Å². The molecule has 0 radical (unpaired) electrons. The maximum Gasteiger partial charge on any atom is 0.308 e. The molecule has 0 spiro atoms. The van der Waals surface area contributed by atoms with Gasteiger partial charge in [0.2, 0.25) is 5.91 Å². The molecule has 1 aliphatic carbocycles. The SMILES string of the molecule is CC1CCCC(CC(=O)N2CC(C)CC(C(=O)O)C2)C1. The van der Waals surface area contributed by atoms with Gasteiger partial charge in [-0.25, -0.2) is 0 Å². The zero-order valence-electron chi connectivity index (χ0n) is 12.7. The van der Waals surface area contributed by atoms with Crippen LogP contribution < -0.4 is 0 Å². The molecule has 1 aliphatic heterocycles. The highest BCUT2D eigenvalue weighted by atomic mass is 16.4. The van der Waals surface area contributed by atoms with Crippen molar-refractivity contribution in [3.05, 3.63) is 0 Å². The summed E-state index contributed by atoms with van der Waals surface area (Å²) in [4.78, 5) is 25.4. The van der Waals surface area contributed by atoms with Crippen molar-refractivity contribution in [1.82, 2.24) is 4.90 Å². The quantitative estimate of drug-likeness (QED) is 0.865. The van der Waals surface area contributed by atoms with E-state index in [9.17, 15) is 14.7 Å². The first kappa shape index (κ1) is 15.3. The van der Waals surface area contributed by atoms with E-state index in [2.05, 4.69) is 6.92 Å². The van der Waals surface area contributed by atoms with E-state index < -0.39 is 5.97 Å². The molecule has 0 aromatic rings. The molecule has 4 unspecified atom stereocenters. The summed E-state index contributed by atoms with van der Waals surface area (Å²) in [5, 5.41) is 9.17. The van der Waals surface area contributed by atoms with Crippen molar-refractivity contribution in [1.29, 1.82) is 0 Å². The van der Waals surface area contributed by atoms with Gasteiger partial charge in [0.25, 0.3) is 0 Å². The molecule has 1 amide bonds. The minimum atomic E-state index is -0.763. The van der Waals surface area contributed by atoms with E-state index in [1.54, 1.807) is 4.90 Å². The molecular weight excluding hydrogens is 254 g/mol. The number of carboxylic acids is 1. The lowest BCUT2D eigenvalue weighted by Crippen LogP contribution is -2.46. The number of carbonyl (C=O) groups is 2. The fraction of sp³-hybridized carbons (Fsp3) is 0.875. The van der Waals surface area contributed by atoms with Crippen LogP contribution in [0.5, 0.6) is 0 Å². The van der Waals surface area contributed by atoms with Crippen LogP contribution in [0.4, 0.5) is 0 Å². The first-order chi connectivity index (χ1) is 9.45. The van der Waals surface area contributed by atoms with Crippen LogP contribution >= 0.6 is 0 Å². The van der Waals surface area contributed by atoms with Gasteiger partial charge in [-0.05, 0) is 37.0 Å². The lowest BCUT2D eigenvalue weighted by atomic mass is 9.80. The van der Waals surface area contributed by atoms with Crippen LogP contribution in [0, 0.1) is 23.7 Å². The van der Waals surface area contributed by atoms with Crippen LogP contribution in [0.2, 0.25) is 0 Å². The summed E-state index contributed by atoms with van der Waals surface area (Å²) >= 11 is 0. The summed E-state index contributed by atoms with van der Waals surface area (Å²) in [5.41, 5.74) is 0. The number of hydrogen-bond acceptors (Lipinski definition) is 2. The summed E-state index contributed by atoms with van der Waals surface area (Å²) in [7, 11) is 0. The van der Waals surface area contributed by atoms with E-state index in [1.807, 2.05) is 6.92 Å². The standard InChI is InChI=1S/C16H27NO3/c1-11-4-3-5-13(6-11)8-15(18)17-9-12(2)7-14(10-17)16(19)20/h11-14H,3-10H2,1-2H3,(H,19,20). The van der Waals surface area contributed by atoms with Crippen LogP contribution in [-0.2, 0) is 9.59 Å². The Morgan fingerprint density at radius 2 is 1.85 bits per heavy atom. The molecule has 1 saturated carbocycles. The second kappa shape index (κ2) is 6.59. The maximum atomic E-state index is 12.4. The number of rotatable bonds is 3. The average Bonchev–Trinajstić information content (AvgIpc) is 2.37. The Morgan fingerprint density at radius 3 is 2.50 bits per heavy atom. The zero-order chi connectivity index (χ0) is 14.7. The number of aliphatic carboxylic acids is 1. The molecule has 1 N–H and O–H groups in total. The van der Waals surface area contributed by atoms with Crippen LogP contribution in [0.1, 0.15) is 52.4 Å². The zero-order valence-corrected chi connectivity index (χ0v) is 12.7. The van der Waals surface area contributed by atoms with Gasteiger partial charge in [-0.15, -0.1) is 0 Å². The normalized spacial score (nSPS) is 34.8. The lowest BCUT2D eigenvalue weighted by Gasteiger charge is -2.36. The van der Waals surface area contributed by atoms with E-state index in [4.69, 9.17) is 0 Å². The van der Waals surface area contributed by atoms with Crippen molar-refractivity contribution in [3.63, 3.8) is 0 Å². The Morgan fingerprint density at radius 1 is 1.10 bits per heavy atom. The molecule has 1 saturated heterocycles. The highest BCUT2D eigenvalue weighted by Gasteiger charge is 2.33. The molecular formula is C16H27NO3. The number of carbonyl (C=O) groups excluding carboxylic acids is 1. The molecule has 4 heteroatoms. The van der Waals surface area contributed by atoms with Gasteiger partial charge in [0.1, 0.15) is 0 Å². The van der Waals surface area contributed by atoms with Crippen molar-refractivity contribution in [3.8, 4) is 0 Å². The monoisotopic (exact) mass is 281 g/mol. The summed E-state index contributed by atoms with van der Waals surface area (Å²) in [6.07, 6.45) is 6.13. The molecule has 2 aliphatic rings. The number of hydrogen-bond donors (Lipinski definition) is 1. The van der Waals surface area contributed by atoms with Gasteiger partial charge >= 0.3 is 5.97 Å². The van der Waals surface area contributed by atoms with Crippen LogP contribution in [-0.4, -0.2) is 35.0 Å². The Kier molecular flexibility index (Phi) is 5.06. The first-order valence-electron chi connectivity index (χ1n) is 7.96. The molecule has 4 atom stereocenters. The van der Waals surface area contributed by atoms with Gasteiger partial charge in [-0.3, -0.25) is 9.59 Å². The van der Waals surface area contributed by atoms with E-state index in [1.165, 1.54) is 12.8 Å². The second-order valence-corrected chi connectivity index (χ2v) is 7.02. The van der Waals surface area contributed by atoms with Crippen LogP contribution in [0.15, 0.2) is 0 Å². The van der Waals surface area contributed by atoms with E-state index in [0.29, 0.717) is 31.2 Å². The van der Waals surface area contributed by atoms with Crippen molar-refractivity contribution in [2.24, 2.45) is 23.7 Å². The minimum absolute atomic E-state index is 0.168. The molecule has 0 aromatic heterocycles. The third kappa shape index (κ3) is 3.97. The van der Waals surface area contributed by atoms with Crippen molar-refractivity contribution >= 4 is 11.9 Å². The Labute approximate surface area is 121 Å². The molecule has 2 rings (SSSR count). The van der Waals surface area contributed by atoms with Gasteiger partial charge < -0.3 is 10.0 Å². The fourth-order valence-electron chi connectivity index (χ4n) is 3.86. The number of amides is 1. The molecule has 20 heavy (non-hydrogen) atoms. The van der Waals surface area contributed by atoms with Crippen molar-refractivity contribution in [2.75, 3.05) is 13.1 Å². The third-order valence-electron chi connectivity index (χ3n) is 4.87. The predicted molar refractivity (Wildman–Crippen MR) is 77.2 cm³/mol. The summed E-state index contributed by atoms with van der Waals surface area (Å²) in [6.45, 7) is 5.43. The van der Waals surface area contributed by atoms with Gasteiger partial charge in [0.15, 0.2) is 0 Å². The smallest absolute Gasteiger partial charge is 0.308 e. The third-order valence-corrected chi connectivity index (χ3v) is 4.87. The Bertz CT molecular complexity index is 369. The number of carboxylic acid groups (broad SMARTS) is 1. The molecule has 1 heterocycles. The minimum Gasteiger partial charge on any atom is -0.481 e. The average molecular weight is 281 g/mol.